The van der Waals surface area contributed by atoms with Crippen molar-refractivity contribution in [3.05, 3.63) is 12.2 Å². The van der Waals surface area contributed by atoms with Gasteiger partial charge in [0.2, 0.25) is 0 Å². The minimum absolute atomic E-state index is 0.175. The lowest BCUT2D eigenvalue weighted by Crippen LogP contribution is -2.12. The fourth-order valence-electron chi connectivity index (χ4n) is 1.58. The Morgan fingerprint density at radius 2 is 2.43 bits per heavy atom. The van der Waals surface area contributed by atoms with Gasteiger partial charge in [-0.2, -0.15) is 10.4 Å². The molecule has 1 heterocycles. The van der Waals surface area contributed by atoms with Gasteiger partial charge < -0.3 is 5.73 Å². The first-order chi connectivity index (χ1) is 6.78. The van der Waals surface area contributed by atoms with E-state index in [1.165, 1.54) is 0 Å². The van der Waals surface area contributed by atoms with Crippen LogP contribution in [0.2, 0.25) is 0 Å². The van der Waals surface area contributed by atoms with Crippen LogP contribution in [0.5, 0.6) is 0 Å². The normalized spacial score (nSPS) is 17.7. The van der Waals surface area contributed by atoms with Crippen LogP contribution in [0, 0.1) is 16.7 Å². The van der Waals surface area contributed by atoms with Gasteiger partial charge in [-0.3, -0.25) is 4.68 Å². The van der Waals surface area contributed by atoms with Crippen molar-refractivity contribution < 1.29 is 0 Å². The van der Waals surface area contributed by atoms with Crippen molar-refractivity contribution in [3.8, 4) is 6.07 Å². The molecule has 1 aliphatic carbocycles. The van der Waals surface area contributed by atoms with Gasteiger partial charge in [0, 0.05) is 18.4 Å². The topological polar surface area (TPSA) is 80.5 Å². The molecule has 5 nitrogen and oxygen atoms in total. The first-order valence-electron chi connectivity index (χ1n) is 4.73. The molecule has 74 valence electrons. The maximum atomic E-state index is 8.66. The lowest BCUT2D eigenvalue weighted by Gasteiger charge is -2.09. The third kappa shape index (κ3) is 1.75. The van der Waals surface area contributed by atoms with Crippen LogP contribution < -0.4 is 5.73 Å². The van der Waals surface area contributed by atoms with Crippen LogP contribution in [-0.4, -0.2) is 14.8 Å². The van der Waals surface area contributed by atoms with E-state index in [0.717, 1.165) is 19.4 Å². The molecule has 1 fully saturated rings. The molecule has 0 unspecified atom stereocenters. The summed E-state index contributed by atoms with van der Waals surface area (Å²) in [6.07, 6.45) is 4.56. The second kappa shape index (κ2) is 3.39. The molecule has 1 aromatic heterocycles. The zero-order chi connectivity index (χ0) is 10.0. The molecule has 0 radical (unpaired) electrons. The quantitative estimate of drug-likeness (QED) is 0.748. The van der Waals surface area contributed by atoms with E-state index in [4.69, 9.17) is 11.0 Å². The Morgan fingerprint density at radius 3 is 2.93 bits per heavy atom. The highest BCUT2D eigenvalue weighted by Gasteiger charge is 2.43. The Bertz CT molecular complexity index is 358. The summed E-state index contributed by atoms with van der Waals surface area (Å²) in [6, 6.07) is 2.23. The van der Waals surface area contributed by atoms with Gasteiger partial charge in [-0.25, -0.2) is 4.98 Å². The largest absolute Gasteiger partial charge is 0.324 e. The molecule has 2 N–H and O–H groups in total. The molecule has 1 aliphatic rings. The number of hydrogen-bond acceptors (Lipinski definition) is 4. The van der Waals surface area contributed by atoms with Crippen molar-refractivity contribution in [2.24, 2.45) is 11.1 Å². The van der Waals surface area contributed by atoms with E-state index in [2.05, 4.69) is 16.2 Å². The predicted octanol–water partition coefficient (Wildman–Crippen LogP) is 0.431. The van der Waals surface area contributed by atoms with Crippen LogP contribution >= 0.6 is 0 Å². The molecule has 1 saturated carbocycles. The van der Waals surface area contributed by atoms with E-state index in [0.29, 0.717) is 18.8 Å². The molecule has 14 heavy (non-hydrogen) atoms. The van der Waals surface area contributed by atoms with Crippen molar-refractivity contribution in [2.45, 2.75) is 32.4 Å². The first kappa shape index (κ1) is 9.16. The number of aromatic nitrogens is 3. The second-order valence-corrected chi connectivity index (χ2v) is 3.90. The molecule has 0 bridgehead atoms. The lowest BCUT2D eigenvalue weighted by atomic mass is 10.0. The minimum Gasteiger partial charge on any atom is -0.324 e. The van der Waals surface area contributed by atoms with E-state index in [1.807, 2.05) is 0 Å². The van der Waals surface area contributed by atoms with Gasteiger partial charge in [0.05, 0.1) is 12.6 Å². The highest BCUT2D eigenvalue weighted by atomic mass is 15.3. The number of rotatable bonds is 4. The number of hydrogen-bond donors (Lipinski definition) is 1. The van der Waals surface area contributed by atoms with Gasteiger partial charge in [0.1, 0.15) is 6.33 Å². The molecule has 0 aromatic carbocycles. The Labute approximate surface area is 82.5 Å². The van der Waals surface area contributed by atoms with Crippen molar-refractivity contribution >= 4 is 0 Å². The summed E-state index contributed by atoms with van der Waals surface area (Å²) in [5.41, 5.74) is 5.59. The Morgan fingerprint density at radius 1 is 1.64 bits per heavy atom. The summed E-state index contributed by atoms with van der Waals surface area (Å²) in [6.45, 7) is 1.17. The van der Waals surface area contributed by atoms with Crippen LogP contribution in [0.3, 0.4) is 0 Å². The van der Waals surface area contributed by atoms with Gasteiger partial charge in [0.25, 0.3) is 0 Å². The molecule has 0 amide bonds. The summed E-state index contributed by atoms with van der Waals surface area (Å²) < 4.78 is 1.80. The highest BCUT2D eigenvalue weighted by molar-refractivity contribution is 4.99. The van der Waals surface area contributed by atoms with Gasteiger partial charge in [-0.05, 0) is 12.8 Å². The van der Waals surface area contributed by atoms with E-state index >= 15 is 0 Å². The van der Waals surface area contributed by atoms with Crippen molar-refractivity contribution in [2.75, 3.05) is 0 Å². The molecule has 0 aliphatic heterocycles. The summed E-state index contributed by atoms with van der Waals surface area (Å²) in [5.74, 6) is 0.665. The summed E-state index contributed by atoms with van der Waals surface area (Å²) in [4.78, 5) is 4.05. The van der Waals surface area contributed by atoms with E-state index < -0.39 is 0 Å². The SMILES string of the molecule is N#CCC1(Cn2cnc(CN)n2)CC1. The van der Waals surface area contributed by atoms with Gasteiger partial charge in [0.15, 0.2) is 5.82 Å². The number of nitrogens with zero attached hydrogens (tertiary/aromatic N) is 4. The third-order valence-electron chi connectivity index (χ3n) is 2.68. The summed E-state index contributed by atoms with van der Waals surface area (Å²) in [5, 5.41) is 12.9. The molecule has 1 aromatic rings. The number of nitriles is 1. The zero-order valence-electron chi connectivity index (χ0n) is 7.98. The highest BCUT2D eigenvalue weighted by Crippen LogP contribution is 2.49. The first-order valence-corrected chi connectivity index (χ1v) is 4.73. The zero-order valence-corrected chi connectivity index (χ0v) is 7.98. The summed E-state index contributed by atoms with van der Waals surface area (Å²) in [7, 11) is 0. The lowest BCUT2D eigenvalue weighted by molar-refractivity contribution is 0.402. The number of nitrogens with two attached hydrogens (primary N) is 1. The third-order valence-corrected chi connectivity index (χ3v) is 2.68. The summed E-state index contributed by atoms with van der Waals surface area (Å²) >= 11 is 0. The Hall–Kier alpha value is -1.41. The van der Waals surface area contributed by atoms with E-state index in [-0.39, 0.29) is 5.41 Å². The van der Waals surface area contributed by atoms with Crippen LogP contribution in [0.1, 0.15) is 25.1 Å². The maximum Gasteiger partial charge on any atom is 0.164 e. The van der Waals surface area contributed by atoms with Crippen molar-refractivity contribution in [1.82, 2.24) is 14.8 Å². The molecule has 0 spiro atoms. The second-order valence-electron chi connectivity index (χ2n) is 3.90. The molecule has 0 saturated heterocycles. The molecular weight excluding hydrogens is 178 g/mol. The Balaban J connectivity index is 2.01. The monoisotopic (exact) mass is 191 g/mol. The van der Waals surface area contributed by atoms with Crippen LogP contribution in [0.25, 0.3) is 0 Å². The van der Waals surface area contributed by atoms with Crippen molar-refractivity contribution in [1.29, 1.82) is 5.26 Å². The van der Waals surface area contributed by atoms with Crippen LogP contribution in [0.4, 0.5) is 0 Å². The van der Waals surface area contributed by atoms with Gasteiger partial charge in [-0.1, -0.05) is 0 Å². The van der Waals surface area contributed by atoms with E-state index in [9.17, 15) is 0 Å². The molecular formula is C9H13N5. The van der Waals surface area contributed by atoms with Crippen LogP contribution in [-0.2, 0) is 13.1 Å². The standard InChI is InChI=1S/C9H13N5/c10-4-3-9(1-2-9)6-14-7-12-8(5-11)13-14/h7H,1-3,5-6,11H2. The molecule has 0 atom stereocenters. The van der Waals surface area contributed by atoms with Gasteiger partial charge >= 0.3 is 0 Å². The Kier molecular flexibility index (Phi) is 2.22. The fraction of sp³-hybridized carbons (Fsp3) is 0.667. The minimum atomic E-state index is 0.175. The van der Waals surface area contributed by atoms with E-state index in [1.54, 1.807) is 11.0 Å². The predicted molar refractivity (Wildman–Crippen MR) is 49.8 cm³/mol. The fourth-order valence-corrected chi connectivity index (χ4v) is 1.58. The average molecular weight is 191 g/mol. The molecule has 5 heteroatoms. The molecule has 2 rings (SSSR count). The maximum absolute atomic E-state index is 8.66. The van der Waals surface area contributed by atoms with Gasteiger partial charge in [-0.15, -0.1) is 0 Å². The average Bonchev–Trinajstić information content (AvgIpc) is 2.78. The van der Waals surface area contributed by atoms with Crippen LogP contribution in [0.15, 0.2) is 6.33 Å². The smallest absolute Gasteiger partial charge is 0.164 e. The van der Waals surface area contributed by atoms with Crippen molar-refractivity contribution in [3.63, 3.8) is 0 Å².